The fraction of sp³-hybridized carbons (Fsp3) is 0.417. The maximum Gasteiger partial charge on any atom is 0.407 e. The molecule has 1 aliphatic carbocycles. The molecule has 1 atom stereocenters. The molecule has 1 fully saturated rings. The van der Waals surface area contributed by atoms with Crippen molar-refractivity contribution in [2.75, 3.05) is 0 Å². The predicted molar refractivity (Wildman–Crippen MR) is 114 cm³/mol. The topological polar surface area (TPSA) is 67.4 Å². The Morgan fingerprint density at radius 2 is 1.66 bits per heavy atom. The van der Waals surface area contributed by atoms with E-state index in [9.17, 15) is 9.59 Å². The van der Waals surface area contributed by atoms with Gasteiger partial charge in [-0.3, -0.25) is 4.79 Å². The van der Waals surface area contributed by atoms with Crippen molar-refractivity contribution >= 4 is 12.0 Å². The molecule has 0 heterocycles. The summed E-state index contributed by atoms with van der Waals surface area (Å²) in [6.07, 6.45) is 1.84. The Labute approximate surface area is 172 Å². The molecule has 154 valence electrons. The van der Waals surface area contributed by atoms with E-state index in [1.165, 1.54) is 5.56 Å². The van der Waals surface area contributed by atoms with Gasteiger partial charge in [-0.05, 0) is 69.7 Å². The van der Waals surface area contributed by atoms with E-state index in [0.717, 1.165) is 24.0 Å². The summed E-state index contributed by atoms with van der Waals surface area (Å²) in [4.78, 5) is 24.5. The van der Waals surface area contributed by atoms with Crippen LogP contribution in [0.2, 0.25) is 0 Å². The van der Waals surface area contributed by atoms with Gasteiger partial charge in [0.05, 0.1) is 6.04 Å². The zero-order valence-corrected chi connectivity index (χ0v) is 17.6. The number of carbonyl (C=O) groups is 2. The molecule has 0 bridgehead atoms. The van der Waals surface area contributed by atoms with Crippen molar-refractivity contribution in [3.05, 3.63) is 70.8 Å². The van der Waals surface area contributed by atoms with Gasteiger partial charge in [-0.25, -0.2) is 4.79 Å². The fourth-order valence-corrected chi connectivity index (χ4v) is 3.16. The largest absolute Gasteiger partial charge is 0.444 e. The molecule has 5 heteroatoms. The highest BCUT2D eigenvalue weighted by Gasteiger charge is 2.33. The second-order valence-corrected chi connectivity index (χ2v) is 8.75. The number of alkyl carbamates (subject to hydrolysis) is 1. The molecule has 0 aliphatic heterocycles. The van der Waals surface area contributed by atoms with Crippen LogP contribution in [0.25, 0.3) is 0 Å². The number of benzene rings is 2. The molecule has 0 radical (unpaired) electrons. The Bertz CT molecular complexity index is 847. The van der Waals surface area contributed by atoms with E-state index < -0.39 is 11.7 Å². The highest BCUT2D eigenvalue weighted by Crippen LogP contribution is 2.41. The second-order valence-electron chi connectivity index (χ2n) is 8.75. The van der Waals surface area contributed by atoms with Crippen molar-refractivity contribution in [2.45, 2.75) is 58.7 Å². The molecular weight excluding hydrogens is 364 g/mol. The molecular formula is C24H30N2O3. The lowest BCUT2D eigenvalue weighted by Gasteiger charge is -2.20. The number of carbonyl (C=O) groups excluding carboxylic acids is 2. The summed E-state index contributed by atoms with van der Waals surface area (Å²) in [6, 6.07) is 15.7. The van der Waals surface area contributed by atoms with Crippen LogP contribution in [0.5, 0.6) is 0 Å². The van der Waals surface area contributed by atoms with Gasteiger partial charge in [-0.15, -0.1) is 0 Å². The fourth-order valence-electron chi connectivity index (χ4n) is 3.16. The number of hydrogen-bond acceptors (Lipinski definition) is 3. The minimum Gasteiger partial charge on any atom is -0.444 e. The molecule has 1 unspecified atom stereocenters. The first-order valence-electron chi connectivity index (χ1n) is 10.1. The van der Waals surface area contributed by atoms with Gasteiger partial charge in [-0.1, -0.05) is 42.0 Å². The molecule has 0 spiro atoms. The van der Waals surface area contributed by atoms with Crippen molar-refractivity contribution in [1.82, 2.24) is 10.6 Å². The van der Waals surface area contributed by atoms with E-state index in [0.29, 0.717) is 18.0 Å². The lowest BCUT2D eigenvalue weighted by molar-refractivity contribution is 0.0523. The normalized spacial score (nSPS) is 14.8. The number of hydrogen-bond donors (Lipinski definition) is 2. The summed E-state index contributed by atoms with van der Waals surface area (Å²) >= 11 is 0. The average molecular weight is 395 g/mol. The van der Waals surface area contributed by atoms with Crippen molar-refractivity contribution in [3.8, 4) is 0 Å². The van der Waals surface area contributed by atoms with Crippen LogP contribution in [0.1, 0.15) is 66.7 Å². The number of nitrogens with one attached hydrogen (secondary N) is 2. The Balaban J connectivity index is 1.58. The van der Waals surface area contributed by atoms with E-state index in [1.807, 2.05) is 32.9 Å². The maximum absolute atomic E-state index is 12.8. The SMILES string of the molecule is Cc1ccc(C(NC(=O)c2ccc(CNC(=O)OC(C)(C)C)cc2)C2CC2)cc1. The Morgan fingerprint density at radius 3 is 2.21 bits per heavy atom. The summed E-state index contributed by atoms with van der Waals surface area (Å²) in [5.41, 5.74) is 3.37. The highest BCUT2D eigenvalue weighted by molar-refractivity contribution is 5.94. The van der Waals surface area contributed by atoms with E-state index in [4.69, 9.17) is 4.74 Å². The molecule has 0 aromatic heterocycles. The monoisotopic (exact) mass is 394 g/mol. The van der Waals surface area contributed by atoms with Crippen LogP contribution in [0.15, 0.2) is 48.5 Å². The van der Waals surface area contributed by atoms with Gasteiger partial charge in [0.25, 0.3) is 5.91 Å². The Kier molecular flexibility index (Phi) is 6.26. The zero-order chi connectivity index (χ0) is 21.0. The van der Waals surface area contributed by atoms with Gasteiger partial charge < -0.3 is 15.4 Å². The Hall–Kier alpha value is -2.82. The standard InChI is InChI=1S/C24H30N2O3/c1-16-5-9-18(10-6-16)21(19-13-14-19)26-22(27)20-11-7-17(8-12-20)15-25-23(28)29-24(2,3)4/h5-12,19,21H,13-15H2,1-4H3,(H,25,28)(H,26,27). The zero-order valence-electron chi connectivity index (χ0n) is 17.6. The molecule has 2 aromatic carbocycles. The van der Waals surface area contributed by atoms with Crippen LogP contribution in [-0.4, -0.2) is 17.6 Å². The van der Waals surface area contributed by atoms with Crippen molar-refractivity contribution < 1.29 is 14.3 Å². The summed E-state index contributed by atoms with van der Waals surface area (Å²) < 4.78 is 5.23. The molecule has 3 rings (SSSR count). The van der Waals surface area contributed by atoms with Crippen LogP contribution < -0.4 is 10.6 Å². The third kappa shape index (κ3) is 6.34. The van der Waals surface area contributed by atoms with Crippen molar-refractivity contribution in [1.29, 1.82) is 0 Å². The van der Waals surface area contributed by atoms with E-state index in [-0.39, 0.29) is 11.9 Å². The molecule has 0 saturated heterocycles. The van der Waals surface area contributed by atoms with Gasteiger partial charge in [0, 0.05) is 12.1 Å². The molecule has 1 saturated carbocycles. The van der Waals surface area contributed by atoms with Gasteiger partial charge in [0.15, 0.2) is 0 Å². The van der Waals surface area contributed by atoms with Crippen LogP contribution in [0.3, 0.4) is 0 Å². The third-order valence-corrected chi connectivity index (χ3v) is 4.87. The first-order chi connectivity index (χ1) is 13.7. The van der Waals surface area contributed by atoms with Crippen LogP contribution in [0.4, 0.5) is 4.79 Å². The number of aryl methyl sites for hydroxylation is 1. The van der Waals surface area contributed by atoms with Crippen LogP contribution in [0, 0.1) is 12.8 Å². The van der Waals surface area contributed by atoms with Gasteiger partial charge in [0.1, 0.15) is 5.60 Å². The van der Waals surface area contributed by atoms with Crippen molar-refractivity contribution in [3.63, 3.8) is 0 Å². The first kappa shape index (κ1) is 20.9. The highest BCUT2D eigenvalue weighted by atomic mass is 16.6. The molecule has 5 nitrogen and oxygen atoms in total. The predicted octanol–water partition coefficient (Wildman–Crippen LogP) is 4.90. The Morgan fingerprint density at radius 1 is 1.03 bits per heavy atom. The van der Waals surface area contributed by atoms with E-state index in [2.05, 4.69) is 41.8 Å². The summed E-state index contributed by atoms with van der Waals surface area (Å²) in [5.74, 6) is 0.438. The summed E-state index contributed by atoms with van der Waals surface area (Å²) in [5, 5.41) is 5.92. The maximum atomic E-state index is 12.8. The summed E-state index contributed by atoms with van der Waals surface area (Å²) in [7, 11) is 0. The average Bonchev–Trinajstić information content (AvgIpc) is 3.49. The first-order valence-corrected chi connectivity index (χ1v) is 10.1. The minimum absolute atomic E-state index is 0.0524. The third-order valence-electron chi connectivity index (χ3n) is 4.87. The minimum atomic E-state index is -0.526. The lowest BCUT2D eigenvalue weighted by Crippen LogP contribution is -2.32. The lowest BCUT2D eigenvalue weighted by atomic mass is 10.0. The number of amides is 2. The van der Waals surface area contributed by atoms with Crippen LogP contribution >= 0.6 is 0 Å². The molecule has 2 aromatic rings. The van der Waals surface area contributed by atoms with Crippen LogP contribution in [-0.2, 0) is 11.3 Å². The second kappa shape index (κ2) is 8.68. The molecule has 2 N–H and O–H groups in total. The smallest absolute Gasteiger partial charge is 0.407 e. The van der Waals surface area contributed by atoms with E-state index in [1.54, 1.807) is 12.1 Å². The van der Waals surface area contributed by atoms with E-state index >= 15 is 0 Å². The van der Waals surface area contributed by atoms with Gasteiger partial charge in [0.2, 0.25) is 0 Å². The summed E-state index contributed by atoms with van der Waals surface area (Å²) in [6.45, 7) is 7.89. The molecule has 1 aliphatic rings. The van der Waals surface area contributed by atoms with Crippen molar-refractivity contribution in [2.24, 2.45) is 5.92 Å². The number of rotatable bonds is 6. The quantitative estimate of drug-likeness (QED) is 0.732. The van der Waals surface area contributed by atoms with Gasteiger partial charge in [-0.2, -0.15) is 0 Å². The number of ether oxygens (including phenoxy) is 1. The molecule has 2 amide bonds. The molecule has 29 heavy (non-hydrogen) atoms. The van der Waals surface area contributed by atoms with Gasteiger partial charge >= 0.3 is 6.09 Å².